The fraction of sp³-hybridized carbons (Fsp3) is 0.500. The molecule has 0 fully saturated rings. The zero-order valence-electron chi connectivity index (χ0n) is 12.4. The lowest BCUT2D eigenvalue weighted by molar-refractivity contribution is 0.0520. The van der Waals surface area contributed by atoms with E-state index in [1.165, 1.54) is 0 Å². The molecule has 0 bridgehead atoms. The number of carbonyl (C=O) groups is 1. The Balaban J connectivity index is 2.36. The number of nitrogens with two attached hydrogens (primary N) is 1. The fourth-order valence-electron chi connectivity index (χ4n) is 1.43. The molecular formula is C14H22N2O4. The van der Waals surface area contributed by atoms with Crippen molar-refractivity contribution in [1.82, 2.24) is 5.32 Å². The number of hydrogen-bond donors (Lipinski definition) is 2. The number of alkyl carbamates (subject to hydrolysis) is 1. The van der Waals surface area contributed by atoms with Crippen molar-refractivity contribution in [2.45, 2.75) is 26.4 Å². The van der Waals surface area contributed by atoms with E-state index in [9.17, 15) is 4.79 Å². The maximum Gasteiger partial charge on any atom is 0.407 e. The van der Waals surface area contributed by atoms with Gasteiger partial charge >= 0.3 is 6.09 Å². The van der Waals surface area contributed by atoms with Crippen LogP contribution in [0.1, 0.15) is 20.8 Å². The number of benzene rings is 1. The van der Waals surface area contributed by atoms with Crippen LogP contribution in [-0.2, 0) is 4.74 Å². The zero-order valence-corrected chi connectivity index (χ0v) is 12.4. The Morgan fingerprint density at radius 3 is 2.60 bits per heavy atom. The van der Waals surface area contributed by atoms with Crippen molar-refractivity contribution in [3.05, 3.63) is 18.2 Å². The minimum atomic E-state index is -0.509. The molecule has 20 heavy (non-hydrogen) atoms. The zero-order chi connectivity index (χ0) is 15.2. The molecule has 0 aromatic heterocycles. The summed E-state index contributed by atoms with van der Waals surface area (Å²) in [5.41, 5.74) is 5.74. The minimum absolute atomic E-state index is 0.305. The molecule has 0 heterocycles. The molecular weight excluding hydrogens is 260 g/mol. The molecule has 1 rings (SSSR count). The summed E-state index contributed by atoms with van der Waals surface area (Å²) < 4.78 is 15.8. The predicted molar refractivity (Wildman–Crippen MR) is 77.1 cm³/mol. The van der Waals surface area contributed by atoms with Crippen LogP contribution in [0, 0.1) is 0 Å². The standard InChI is InChI=1S/C14H22N2O4/c1-14(2,3)20-13(17)16-7-8-19-11-6-5-10(15)9-12(11)18-4/h5-6,9H,7-8,15H2,1-4H3,(H,16,17). The van der Waals surface area contributed by atoms with Gasteiger partial charge in [-0.1, -0.05) is 0 Å². The number of rotatable bonds is 5. The second-order valence-electron chi connectivity index (χ2n) is 5.19. The maximum atomic E-state index is 11.4. The number of carbonyl (C=O) groups excluding carboxylic acids is 1. The van der Waals surface area contributed by atoms with Gasteiger partial charge < -0.3 is 25.3 Å². The van der Waals surface area contributed by atoms with E-state index in [4.69, 9.17) is 19.9 Å². The van der Waals surface area contributed by atoms with Crippen molar-refractivity contribution in [2.75, 3.05) is 26.0 Å². The van der Waals surface area contributed by atoms with Gasteiger partial charge in [0.15, 0.2) is 11.5 Å². The second-order valence-corrected chi connectivity index (χ2v) is 5.19. The first-order valence-electron chi connectivity index (χ1n) is 6.35. The number of methoxy groups -OCH3 is 1. The number of nitrogens with one attached hydrogen (secondary N) is 1. The molecule has 0 radical (unpaired) electrons. The first-order chi connectivity index (χ1) is 9.31. The molecule has 0 aliphatic rings. The smallest absolute Gasteiger partial charge is 0.407 e. The highest BCUT2D eigenvalue weighted by Gasteiger charge is 2.15. The van der Waals surface area contributed by atoms with E-state index in [-0.39, 0.29) is 0 Å². The van der Waals surface area contributed by atoms with Crippen molar-refractivity contribution in [1.29, 1.82) is 0 Å². The van der Waals surface area contributed by atoms with E-state index < -0.39 is 11.7 Å². The Labute approximate surface area is 119 Å². The lowest BCUT2D eigenvalue weighted by Crippen LogP contribution is -2.34. The molecule has 0 aliphatic carbocycles. The van der Waals surface area contributed by atoms with E-state index >= 15 is 0 Å². The van der Waals surface area contributed by atoms with Gasteiger partial charge in [-0.2, -0.15) is 0 Å². The fourth-order valence-corrected chi connectivity index (χ4v) is 1.43. The highest BCUT2D eigenvalue weighted by atomic mass is 16.6. The monoisotopic (exact) mass is 282 g/mol. The van der Waals surface area contributed by atoms with Gasteiger partial charge in [-0.3, -0.25) is 0 Å². The summed E-state index contributed by atoms with van der Waals surface area (Å²) in [6.45, 7) is 6.06. The maximum absolute atomic E-state index is 11.4. The van der Waals surface area contributed by atoms with Crippen LogP contribution in [0.5, 0.6) is 11.5 Å². The van der Waals surface area contributed by atoms with Crippen LogP contribution in [0.25, 0.3) is 0 Å². The average Bonchev–Trinajstić information content (AvgIpc) is 2.33. The molecule has 6 nitrogen and oxygen atoms in total. The topological polar surface area (TPSA) is 82.8 Å². The van der Waals surface area contributed by atoms with E-state index in [0.29, 0.717) is 30.3 Å². The van der Waals surface area contributed by atoms with Gasteiger partial charge in [0.1, 0.15) is 12.2 Å². The number of ether oxygens (including phenoxy) is 3. The summed E-state index contributed by atoms with van der Waals surface area (Å²) in [5, 5.41) is 2.61. The molecule has 0 saturated carbocycles. The van der Waals surface area contributed by atoms with Gasteiger partial charge in [0, 0.05) is 11.8 Å². The number of nitrogen functional groups attached to an aromatic ring is 1. The molecule has 0 atom stereocenters. The summed E-state index contributed by atoms with van der Waals surface area (Å²) >= 11 is 0. The van der Waals surface area contributed by atoms with E-state index in [0.717, 1.165) is 0 Å². The van der Waals surface area contributed by atoms with E-state index in [1.807, 2.05) is 20.8 Å². The van der Waals surface area contributed by atoms with Crippen LogP contribution in [0.4, 0.5) is 10.5 Å². The van der Waals surface area contributed by atoms with Crippen molar-refractivity contribution < 1.29 is 19.0 Å². The molecule has 0 unspecified atom stereocenters. The first kappa shape index (κ1) is 15.9. The van der Waals surface area contributed by atoms with Crippen molar-refractivity contribution in [2.24, 2.45) is 0 Å². The van der Waals surface area contributed by atoms with Crippen LogP contribution in [0.2, 0.25) is 0 Å². The molecule has 6 heteroatoms. The molecule has 0 aliphatic heterocycles. The molecule has 112 valence electrons. The largest absolute Gasteiger partial charge is 0.493 e. The average molecular weight is 282 g/mol. The number of hydrogen-bond acceptors (Lipinski definition) is 5. The Bertz CT molecular complexity index is 455. The SMILES string of the molecule is COc1cc(N)ccc1OCCNC(=O)OC(C)(C)C. The molecule has 3 N–H and O–H groups in total. The molecule has 0 spiro atoms. The van der Waals surface area contributed by atoms with Crippen LogP contribution >= 0.6 is 0 Å². The van der Waals surface area contributed by atoms with Crippen LogP contribution in [0.15, 0.2) is 18.2 Å². The van der Waals surface area contributed by atoms with Crippen molar-refractivity contribution in [3.8, 4) is 11.5 Å². The minimum Gasteiger partial charge on any atom is -0.493 e. The quantitative estimate of drug-likeness (QED) is 0.639. The van der Waals surface area contributed by atoms with Gasteiger partial charge in [0.2, 0.25) is 0 Å². The highest BCUT2D eigenvalue weighted by Crippen LogP contribution is 2.28. The van der Waals surface area contributed by atoms with E-state index in [2.05, 4.69) is 5.32 Å². The Morgan fingerprint density at radius 2 is 2.00 bits per heavy atom. The van der Waals surface area contributed by atoms with Crippen molar-refractivity contribution in [3.63, 3.8) is 0 Å². The van der Waals surface area contributed by atoms with Crippen LogP contribution < -0.4 is 20.5 Å². The van der Waals surface area contributed by atoms with Gasteiger partial charge in [-0.05, 0) is 32.9 Å². The van der Waals surface area contributed by atoms with Gasteiger partial charge in [0.05, 0.1) is 13.7 Å². The summed E-state index contributed by atoms with van der Waals surface area (Å²) in [6, 6.07) is 5.12. The third-order valence-corrected chi connectivity index (χ3v) is 2.22. The summed E-state index contributed by atoms with van der Waals surface area (Å²) in [4.78, 5) is 11.4. The number of amides is 1. The lowest BCUT2D eigenvalue weighted by Gasteiger charge is -2.19. The second kappa shape index (κ2) is 6.88. The Morgan fingerprint density at radius 1 is 1.30 bits per heavy atom. The summed E-state index contributed by atoms with van der Waals surface area (Å²) in [6.07, 6.45) is -0.467. The molecule has 1 aromatic carbocycles. The van der Waals surface area contributed by atoms with Gasteiger partial charge in [-0.25, -0.2) is 4.79 Å². The number of anilines is 1. The molecule has 0 saturated heterocycles. The van der Waals surface area contributed by atoms with Crippen LogP contribution in [-0.4, -0.2) is 32.0 Å². The van der Waals surface area contributed by atoms with Crippen LogP contribution in [0.3, 0.4) is 0 Å². The normalized spacial score (nSPS) is 10.8. The lowest BCUT2D eigenvalue weighted by atomic mass is 10.2. The molecule has 1 aromatic rings. The molecule has 1 amide bonds. The van der Waals surface area contributed by atoms with Crippen molar-refractivity contribution >= 4 is 11.8 Å². The van der Waals surface area contributed by atoms with Gasteiger partial charge in [0.25, 0.3) is 0 Å². The summed E-state index contributed by atoms with van der Waals surface area (Å²) in [5.74, 6) is 1.13. The third-order valence-electron chi connectivity index (χ3n) is 2.22. The Kier molecular flexibility index (Phi) is 5.49. The third kappa shape index (κ3) is 5.69. The predicted octanol–water partition coefficient (Wildman–Crippen LogP) is 2.18. The highest BCUT2D eigenvalue weighted by molar-refractivity contribution is 5.67. The first-order valence-corrected chi connectivity index (χ1v) is 6.35. The Hall–Kier alpha value is -2.11. The van der Waals surface area contributed by atoms with E-state index in [1.54, 1.807) is 25.3 Å². The summed E-state index contributed by atoms with van der Waals surface area (Å²) in [7, 11) is 1.54. The van der Waals surface area contributed by atoms with Gasteiger partial charge in [-0.15, -0.1) is 0 Å².